The first-order valence-electron chi connectivity index (χ1n) is 6.40. The summed E-state index contributed by atoms with van der Waals surface area (Å²) in [6.07, 6.45) is 0. The molecule has 0 saturated heterocycles. The summed E-state index contributed by atoms with van der Waals surface area (Å²) in [6.45, 7) is 11.2. The molecule has 0 unspecified atom stereocenters. The smallest absolute Gasteiger partial charge is 0.192 e. The Labute approximate surface area is 126 Å². The molecule has 0 atom stereocenters. The number of hydrogen-bond donors (Lipinski definition) is 0. The van der Waals surface area contributed by atoms with Crippen LogP contribution in [0.2, 0.25) is 23.3 Å². The predicted octanol–water partition coefficient (Wildman–Crippen LogP) is 4.14. The number of halogens is 1. The number of rotatable bonds is 4. The van der Waals surface area contributed by atoms with Crippen LogP contribution in [-0.4, -0.2) is 20.4 Å². The van der Waals surface area contributed by atoms with Crippen molar-refractivity contribution in [2.45, 2.75) is 45.5 Å². The summed E-state index contributed by atoms with van der Waals surface area (Å²) in [5.41, 5.74) is 1.03. The zero-order valence-electron chi connectivity index (χ0n) is 12.9. The Morgan fingerprint density at radius 3 is 2.45 bits per heavy atom. The molecule has 0 fully saturated rings. The third-order valence-corrected chi connectivity index (χ3v) is 8.43. The Kier molecular flexibility index (Phi) is 5.19. The Bertz CT molecular complexity index is 533. The molecule has 0 aromatic carbocycles. The van der Waals surface area contributed by atoms with Crippen LogP contribution in [0.3, 0.4) is 0 Å². The van der Waals surface area contributed by atoms with Gasteiger partial charge in [0.15, 0.2) is 19.2 Å². The third-order valence-electron chi connectivity index (χ3n) is 3.70. The average Bonchev–Trinajstić information content (AvgIpc) is 2.34. The van der Waals surface area contributed by atoms with Crippen molar-refractivity contribution in [1.29, 1.82) is 5.26 Å². The van der Waals surface area contributed by atoms with E-state index in [1.54, 1.807) is 6.07 Å². The SMILES string of the molecule is COc1c(C#N)cc(CO[Si](C)(C)C(C)(C)C)nc1Cl. The van der Waals surface area contributed by atoms with Gasteiger partial charge in [-0.15, -0.1) is 0 Å². The van der Waals surface area contributed by atoms with Crippen LogP contribution in [0.15, 0.2) is 6.07 Å². The highest BCUT2D eigenvalue weighted by Gasteiger charge is 2.37. The number of nitrogens with zero attached hydrogens (tertiary/aromatic N) is 2. The second-order valence-electron chi connectivity index (χ2n) is 6.15. The lowest BCUT2D eigenvalue weighted by atomic mass is 10.2. The van der Waals surface area contributed by atoms with Crippen LogP contribution in [0.25, 0.3) is 0 Å². The number of methoxy groups -OCH3 is 1. The largest absolute Gasteiger partial charge is 0.492 e. The van der Waals surface area contributed by atoms with Gasteiger partial charge in [-0.2, -0.15) is 5.26 Å². The molecule has 0 radical (unpaired) electrons. The molecule has 1 aromatic rings. The standard InChI is InChI=1S/C14H21ClN2O2Si/c1-14(2,3)20(5,6)19-9-11-7-10(8-16)12(18-4)13(15)17-11/h7H,9H2,1-6H3. The molecule has 1 rings (SSSR count). The lowest BCUT2D eigenvalue weighted by Gasteiger charge is -2.36. The molecular weight excluding hydrogens is 292 g/mol. The van der Waals surface area contributed by atoms with Crippen LogP contribution < -0.4 is 4.74 Å². The molecule has 0 spiro atoms. The Balaban J connectivity index is 2.96. The molecule has 1 aromatic heterocycles. The highest BCUT2D eigenvalue weighted by Crippen LogP contribution is 2.37. The summed E-state index contributed by atoms with van der Waals surface area (Å²) in [4.78, 5) is 4.22. The molecule has 4 nitrogen and oxygen atoms in total. The van der Waals surface area contributed by atoms with Crippen LogP contribution in [0.5, 0.6) is 5.75 Å². The van der Waals surface area contributed by atoms with Crippen molar-refractivity contribution in [2.24, 2.45) is 0 Å². The minimum absolute atomic E-state index is 0.126. The Morgan fingerprint density at radius 2 is 2.00 bits per heavy atom. The molecular formula is C14H21ClN2O2Si. The van der Waals surface area contributed by atoms with Gasteiger partial charge in [-0.3, -0.25) is 0 Å². The second kappa shape index (κ2) is 6.13. The fourth-order valence-electron chi connectivity index (χ4n) is 1.37. The third kappa shape index (κ3) is 3.72. The number of nitriles is 1. The number of ether oxygens (including phenoxy) is 1. The summed E-state index contributed by atoms with van der Waals surface area (Å²) in [5.74, 6) is 0.310. The van der Waals surface area contributed by atoms with Crippen molar-refractivity contribution < 1.29 is 9.16 Å². The Morgan fingerprint density at radius 1 is 1.40 bits per heavy atom. The van der Waals surface area contributed by atoms with E-state index in [0.29, 0.717) is 23.6 Å². The topological polar surface area (TPSA) is 55.1 Å². The molecule has 0 aliphatic heterocycles. The first-order chi connectivity index (χ1) is 9.12. The van der Waals surface area contributed by atoms with Crippen LogP contribution in [0.4, 0.5) is 0 Å². The molecule has 0 aliphatic rings. The summed E-state index contributed by atoms with van der Waals surface area (Å²) in [7, 11) is -0.384. The van der Waals surface area contributed by atoms with Gasteiger partial charge in [0.05, 0.1) is 25.0 Å². The van der Waals surface area contributed by atoms with E-state index in [9.17, 15) is 0 Å². The molecule has 6 heteroatoms. The average molecular weight is 313 g/mol. The molecule has 110 valence electrons. The molecule has 0 amide bonds. The number of aromatic nitrogens is 1. The Hall–Kier alpha value is -1.09. The second-order valence-corrected chi connectivity index (χ2v) is 11.3. The zero-order chi connectivity index (χ0) is 15.6. The number of pyridine rings is 1. The molecule has 0 bridgehead atoms. The fraction of sp³-hybridized carbons (Fsp3) is 0.571. The quantitative estimate of drug-likeness (QED) is 0.619. The van der Waals surface area contributed by atoms with Crippen LogP contribution in [0, 0.1) is 11.3 Å². The maximum atomic E-state index is 9.11. The highest BCUT2D eigenvalue weighted by molar-refractivity contribution is 6.74. The van der Waals surface area contributed by atoms with Gasteiger partial charge in [-0.25, -0.2) is 4.98 Å². The van der Waals surface area contributed by atoms with Gasteiger partial charge in [-0.05, 0) is 24.2 Å². The van der Waals surface area contributed by atoms with E-state index < -0.39 is 8.32 Å². The number of hydrogen-bond acceptors (Lipinski definition) is 4. The van der Waals surface area contributed by atoms with E-state index in [2.05, 4.69) is 44.9 Å². The van der Waals surface area contributed by atoms with Gasteiger partial charge < -0.3 is 9.16 Å². The van der Waals surface area contributed by atoms with E-state index >= 15 is 0 Å². The molecule has 0 N–H and O–H groups in total. The van der Waals surface area contributed by atoms with E-state index in [1.807, 2.05) is 0 Å². The predicted molar refractivity (Wildman–Crippen MR) is 82.5 cm³/mol. The van der Waals surface area contributed by atoms with Crippen LogP contribution in [0.1, 0.15) is 32.0 Å². The van der Waals surface area contributed by atoms with Crippen molar-refractivity contribution >= 4 is 19.9 Å². The van der Waals surface area contributed by atoms with Crippen molar-refractivity contribution in [3.63, 3.8) is 0 Å². The van der Waals surface area contributed by atoms with Crippen molar-refractivity contribution in [3.05, 3.63) is 22.5 Å². The minimum Gasteiger partial charge on any atom is -0.492 e. The summed E-state index contributed by atoms with van der Waals surface area (Å²) < 4.78 is 11.1. The lowest BCUT2D eigenvalue weighted by Crippen LogP contribution is -2.40. The monoisotopic (exact) mass is 312 g/mol. The van der Waals surface area contributed by atoms with Gasteiger partial charge in [0.25, 0.3) is 0 Å². The fourth-order valence-corrected chi connectivity index (χ4v) is 2.60. The summed E-state index contributed by atoms with van der Waals surface area (Å²) in [5, 5.41) is 9.43. The highest BCUT2D eigenvalue weighted by atomic mass is 35.5. The molecule has 20 heavy (non-hydrogen) atoms. The zero-order valence-corrected chi connectivity index (χ0v) is 14.6. The lowest BCUT2D eigenvalue weighted by molar-refractivity contribution is 0.271. The maximum Gasteiger partial charge on any atom is 0.192 e. The van der Waals surface area contributed by atoms with Gasteiger partial charge in [-0.1, -0.05) is 32.4 Å². The normalized spacial score (nSPS) is 12.1. The van der Waals surface area contributed by atoms with Crippen molar-refractivity contribution in [1.82, 2.24) is 4.98 Å². The summed E-state index contributed by atoms with van der Waals surface area (Å²) in [6, 6.07) is 3.73. The molecule has 1 heterocycles. The van der Waals surface area contributed by atoms with Gasteiger partial charge in [0.1, 0.15) is 6.07 Å². The van der Waals surface area contributed by atoms with Gasteiger partial charge in [0.2, 0.25) is 0 Å². The van der Waals surface area contributed by atoms with E-state index in [1.165, 1.54) is 7.11 Å². The molecule has 0 aliphatic carbocycles. The van der Waals surface area contributed by atoms with Gasteiger partial charge in [0, 0.05) is 0 Å². The van der Waals surface area contributed by atoms with Crippen molar-refractivity contribution in [2.75, 3.05) is 7.11 Å². The van der Waals surface area contributed by atoms with Crippen molar-refractivity contribution in [3.8, 4) is 11.8 Å². The van der Waals surface area contributed by atoms with Crippen LogP contribution in [-0.2, 0) is 11.0 Å². The van der Waals surface area contributed by atoms with E-state index in [-0.39, 0.29) is 10.2 Å². The first kappa shape index (κ1) is 17.0. The minimum atomic E-state index is -1.85. The molecule has 0 saturated carbocycles. The van der Waals surface area contributed by atoms with E-state index in [0.717, 1.165) is 0 Å². The summed E-state index contributed by atoms with van der Waals surface area (Å²) >= 11 is 6.02. The first-order valence-corrected chi connectivity index (χ1v) is 9.68. The van der Waals surface area contributed by atoms with E-state index in [4.69, 9.17) is 26.0 Å². The van der Waals surface area contributed by atoms with Crippen LogP contribution >= 0.6 is 11.6 Å². The van der Waals surface area contributed by atoms with Gasteiger partial charge >= 0.3 is 0 Å². The maximum absolute atomic E-state index is 9.11.